The van der Waals surface area contributed by atoms with Gasteiger partial charge >= 0.3 is 0 Å². The summed E-state index contributed by atoms with van der Waals surface area (Å²) in [5, 5.41) is 18.1. The highest BCUT2D eigenvalue weighted by atomic mass is 16.6. The summed E-state index contributed by atoms with van der Waals surface area (Å²) in [6.07, 6.45) is 3.24. The van der Waals surface area contributed by atoms with Crippen molar-refractivity contribution in [3.05, 3.63) is 65.4 Å². The Morgan fingerprint density at radius 3 is 2.92 bits per heavy atom. The van der Waals surface area contributed by atoms with E-state index in [4.69, 9.17) is 4.52 Å². The summed E-state index contributed by atoms with van der Waals surface area (Å²) in [5.74, 6) is 0.510. The number of nitro groups is 1. The van der Waals surface area contributed by atoms with Crippen molar-refractivity contribution in [2.24, 2.45) is 0 Å². The lowest BCUT2D eigenvalue weighted by molar-refractivity contribution is -0.383. The first-order chi connectivity index (χ1) is 11.7. The van der Waals surface area contributed by atoms with Crippen LogP contribution in [0.25, 0.3) is 23.0 Å². The van der Waals surface area contributed by atoms with E-state index < -0.39 is 4.92 Å². The molecule has 2 heterocycles. The van der Waals surface area contributed by atoms with Gasteiger partial charge in [-0.3, -0.25) is 15.1 Å². The number of nitro benzene ring substituents is 1. The van der Waals surface area contributed by atoms with E-state index >= 15 is 0 Å². The Labute approximate surface area is 137 Å². The zero-order valence-electron chi connectivity index (χ0n) is 12.5. The quantitative estimate of drug-likeness (QED) is 0.421. The van der Waals surface area contributed by atoms with Crippen molar-refractivity contribution in [2.45, 2.75) is 0 Å². The van der Waals surface area contributed by atoms with Gasteiger partial charge in [-0.1, -0.05) is 17.3 Å². The SMILES string of the molecule is C=CCNc1ccc(-c2noc(-c3ccccn3)n2)cc1[N+](=O)[O-]. The lowest BCUT2D eigenvalue weighted by Gasteiger charge is -2.05. The zero-order valence-corrected chi connectivity index (χ0v) is 12.5. The monoisotopic (exact) mass is 323 g/mol. The van der Waals surface area contributed by atoms with Gasteiger partial charge < -0.3 is 9.84 Å². The lowest BCUT2D eigenvalue weighted by atomic mass is 10.1. The number of nitrogens with one attached hydrogen (secondary N) is 1. The largest absolute Gasteiger partial charge is 0.376 e. The van der Waals surface area contributed by atoms with Crippen LogP contribution in [0.5, 0.6) is 0 Å². The van der Waals surface area contributed by atoms with Crippen LogP contribution in [0.2, 0.25) is 0 Å². The first-order valence-corrected chi connectivity index (χ1v) is 7.07. The Bertz CT molecular complexity index is 876. The molecule has 1 N–H and O–H groups in total. The molecule has 0 radical (unpaired) electrons. The van der Waals surface area contributed by atoms with Crippen molar-refractivity contribution in [3.63, 3.8) is 0 Å². The van der Waals surface area contributed by atoms with Crippen LogP contribution in [0.3, 0.4) is 0 Å². The van der Waals surface area contributed by atoms with E-state index in [2.05, 4.69) is 27.0 Å². The molecule has 0 aliphatic rings. The Morgan fingerprint density at radius 2 is 2.21 bits per heavy atom. The average Bonchev–Trinajstić information content (AvgIpc) is 3.10. The van der Waals surface area contributed by atoms with Gasteiger partial charge in [0.1, 0.15) is 11.4 Å². The second-order valence-corrected chi connectivity index (χ2v) is 4.80. The van der Waals surface area contributed by atoms with E-state index in [0.29, 0.717) is 23.5 Å². The van der Waals surface area contributed by atoms with E-state index in [1.807, 2.05) is 0 Å². The minimum absolute atomic E-state index is 0.0708. The number of hydrogen-bond acceptors (Lipinski definition) is 7. The molecule has 0 saturated carbocycles. The molecule has 0 spiro atoms. The standard InChI is InChI=1S/C16H13N5O3/c1-2-8-17-12-7-6-11(10-14(12)21(22)23)15-19-16(24-20-15)13-5-3-4-9-18-13/h2-7,9-10,17H,1,8H2. The molecule has 0 fully saturated rings. The summed E-state index contributed by atoms with van der Waals surface area (Å²) < 4.78 is 5.18. The van der Waals surface area contributed by atoms with Crippen molar-refractivity contribution in [1.82, 2.24) is 15.1 Å². The third kappa shape index (κ3) is 3.12. The predicted molar refractivity (Wildman–Crippen MR) is 88.3 cm³/mol. The molecule has 3 rings (SSSR count). The van der Waals surface area contributed by atoms with Gasteiger partial charge in [-0.2, -0.15) is 4.98 Å². The Morgan fingerprint density at radius 1 is 1.33 bits per heavy atom. The third-order valence-electron chi connectivity index (χ3n) is 3.20. The maximum Gasteiger partial charge on any atom is 0.293 e. The first kappa shape index (κ1) is 15.3. The summed E-state index contributed by atoms with van der Waals surface area (Å²) in [7, 11) is 0. The van der Waals surface area contributed by atoms with Crippen molar-refractivity contribution >= 4 is 11.4 Å². The lowest BCUT2D eigenvalue weighted by Crippen LogP contribution is -2.02. The predicted octanol–water partition coefficient (Wildman–Crippen LogP) is 3.30. The fraction of sp³-hybridized carbons (Fsp3) is 0.0625. The van der Waals surface area contributed by atoms with Crippen LogP contribution in [0, 0.1) is 10.1 Å². The molecule has 2 aromatic heterocycles. The molecule has 3 aromatic rings. The van der Waals surface area contributed by atoms with E-state index in [9.17, 15) is 10.1 Å². The number of rotatable bonds is 6. The number of hydrogen-bond donors (Lipinski definition) is 1. The van der Waals surface area contributed by atoms with Crippen LogP contribution in [0.1, 0.15) is 0 Å². The number of benzene rings is 1. The summed E-state index contributed by atoms with van der Waals surface area (Å²) >= 11 is 0. The van der Waals surface area contributed by atoms with E-state index in [-0.39, 0.29) is 17.4 Å². The average molecular weight is 323 g/mol. The van der Waals surface area contributed by atoms with Gasteiger partial charge in [0.25, 0.3) is 11.6 Å². The smallest absolute Gasteiger partial charge is 0.293 e. The van der Waals surface area contributed by atoms with E-state index in [1.54, 1.807) is 42.6 Å². The maximum absolute atomic E-state index is 11.3. The van der Waals surface area contributed by atoms with Crippen molar-refractivity contribution in [3.8, 4) is 23.0 Å². The van der Waals surface area contributed by atoms with Crippen LogP contribution in [0.4, 0.5) is 11.4 Å². The third-order valence-corrected chi connectivity index (χ3v) is 3.20. The van der Waals surface area contributed by atoms with Gasteiger partial charge in [-0.15, -0.1) is 6.58 Å². The van der Waals surface area contributed by atoms with E-state index in [1.165, 1.54) is 6.07 Å². The molecule has 0 amide bonds. The van der Waals surface area contributed by atoms with Gasteiger partial charge in [-0.25, -0.2) is 0 Å². The molecule has 0 bridgehead atoms. The number of nitrogens with zero attached hydrogens (tertiary/aromatic N) is 4. The second-order valence-electron chi connectivity index (χ2n) is 4.80. The van der Waals surface area contributed by atoms with Gasteiger partial charge in [-0.05, 0) is 24.3 Å². The number of aromatic nitrogens is 3. The summed E-state index contributed by atoms with van der Waals surface area (Å²) in [5.41, 5.74) is 1.35. The molecule has 1 aromatic carbocycles. The van der Waals surface area contributed by atoms with Gasteiger partial charge in [0.2, 0.25) is 5.82 Å². The Kier molecular flexibility index (Phi) is 4.28. The Hall–Kier alpha value is -3.55. The molecule has 8 heteroatoms. The zero-order chi connectivity index (χ0) is 16.9. The molecular weight excluding hydrogens is 310 g/mol. The molecule has 0 unspecified atom stereocenters. The summed E-state index contributed by atoms with van der Waals surface area (Å²) in [6, 6.07) is 10.0. The van der Waals surface area contributed by atoms with Crippen molar-refractivity contribution in [1.29, 1.82) is 0 Å². The molecule has 24 heavy (non-hydrogen) atoms. The highest BCUT2D eigenvalue weighted by Crippen LogP contribution is 2.30. The molecular formula is C16H13N5O3. The molecule has 0 atom stereocenters. The van der Waals surface area contributed by atoms with E-state index in [0.717, 1.165) is 0 Å². The van der Waals surface area contributed by atoms with Crippen molar-refractivity contribution < 1.29 is 9.45 Å². The van der Waals surface area contributed by atoms with Gasteiger partial charge in [0.05, 0.1) is 4.92 Å². The molecule has 0 aliphatic heterocycles. The van der Waals surface area contributed by atoms with Crippen molar-refractivity contribution in [2.75, 3.05) is 11.9 Å². The fourth-order valence-corrected chi connectivity index (χ4v) is 2.09. The summed E-state index contributed by atoms with van der Waals surface area (Å²) in [6.45, 7) is 4.00. The van der Waals surface area contributed by atoms with Gasteiger partial charge in [0.15, 0.2) is 0 Å². The minimum atomic E-state index is -0.464. The highest BCUT2D eigenvalue weighted by Gasteiger charge is 2.18. The topological polar surface area (TPSA) is 107 Å². The Balaban J connectivity index is 1.95. The van der Waals surface area contributed by atoms with Crippen LogP contribution in [-0.2, 0) is 0 Å². The number of pyridine rings is 1. The maximum atomic E-state index is 11.3. The van der Waals surface area contributed by atoms with Crippen LogP contribution >= 0.6 is 0 Å². The minimum Gasteiger partial charge on any atom is -0.376 e. The highest BCUT2D eigenvalue weighted by molar-refractivity contribution is 5.70. The molecule has 120 valence electrons. The van der Waals surface area contributed by atoms with Crippen LogP contribution in [0.15, 0.2) is 59.8 Å². The first-order valence-electron chi connectivity index (χ1n) is 7.07. The second kappa shape index (κ2) is 6.69. The fourth-order valence-electron chi connectivity index (χ4n) is 2.09. The van der Waals surface area contributed by atoms with Gasteiger partial charge in [0, 0.05) is 24.4 Å². The summed E-state index contributed by atoms with van der Waals surface area (Å²) in [4.78, 5) is 19.2. The molecule has 8 nitrogen and oxygen atoms in total. The van der Waals surface area contributed by atoms with Crippen LogP contribution < -0.4 is 5.32 Å². The van der Waals surface area contributed by atoms with Crippen LogP contribution in [-0.4, -0.2) is 26.6 Å². The molecule has 0 saturated heterocycles. The molecule has 0 aliphatic carbocycles. The normalized spacial score (nSPS) is 10.3. The number of anilines is 1.